The van der Waals surface area contributed by atoms with Gasteiger partial charge in [0.1, 0.15) is 0 Å². The summed E-state index contributed by atoms with van der Waals surface area (Å²) in [4.78, 5) is 39.0. The Morgan fingerprint density at radius 2 is 1.65 bits per heavy atom. The summed E-state index contributed by atoms with van der Waals surface area (Å²) in [6.45, 7) is 0. The van der Waals surface area contributed by atoms with Gasteiger partial charge in [0.25, 0.3) is 11.5 Å². The van der Waals surface area contributed by atoms with E-state index in [-0.39, 0.29) is 23.6 Å². The molecule has 4 aromatic rings. The van der Waals surface area contributed by atoms with Crippen molar-refractivity contribution in [2.75, 3.05) is 0 Å². The summed E-state index contributed by atoms with van der Waals surface area (Å²) in [5.74, 6) is -0.877. The number of benzene rings is 2. The Morgan fingerprint density at radius 3 is 2.39 bits per heavy atom. The smallest absolute Gasteiger partial charge is 0.273 e. The van der Waals surface area contributed by atoms with Gasteiger partial charge in [-0.1, -0.05) is 42.5 Å². The number of fused-ring (bicyclic) bond motifs is 1. The highest BCUT2D eigenvalue weighted by Crippen LogP contribution is 2.15. The fourth-order valence-electron chi connectivity index (χ4n) is 3.23. The number of carbonyl (C=O) groups is 2. The van der Waals surface area contributed by atoms with E-state index in [0.717, 1.165) is 6.42 Å². The van der Waals surface area contributed by atoms with Crippen LogP contribution < -0.4 is 16.4 Å². The fraction of sp³-hybridized carbons (Fsp3) is 0.130. The number of hydrogen-bond acceptors (Lipinski definition) is 5. The average Bonchev–Trinajstić information content (AvgIpc) is 3.32. The molecule has 0 unspecified atom stereocenters. The predicted molar refractivity (Wildman–Crippen MR) is 120 cm³/mol. The molecule has 2 aromatic heterocycles. The molecule has 2 heterocycles. The van der Waals surface area contributed by atoms with Crippen LogP contribution >= 0.6 is 11.3 Å². The zero-order valence-electron chi connectivity index (χ0n) is 16.6. The summed E-state index contributed by atoms with van der Waals surface area (Å²) in [6, 6.07) is 19.7. The van der Waals surface area contributed by atoms with Gasteiger partial charge in [-0.3, -0.25) is 25.2 Å². The summed E-state index contributed by atoms with van der Waals surface area (Å²) >= 11 is 1.65. The zero-order chi connectivity index (χ0) is 21.6. The molecule has 0 saturated carbocycles. The number of hydrazine groups is 1. The van der Waals surface area contributed by atoms with Crippen molar-refractivity contribution in [3.63, 3.8) is 0 Å². The number of carbonyl (C=O) groups excluding carboxylic acids is 2. The van der Waals surface area contributed by atoms with Gasteiger partial charge in [0.15, 0.2) is 5.69 Å². The molecule has 156 valence electrons. The molecule has 0 saturated heterocycles. The maximum absolute atomic E-state index is 12.9. The lowest BCUT2D eigenvalue weighted by Crippen LogP contribution is -2.42. The largest absolute Gasteiger partial charge is 0.290 e. The molecule has 0 atom stereocenters. The van der Waals surface area contributed by atoms with Crippen molar-refractivity contribution in [3.8, 4) is 5.69 Å². The molecular formula is C23H20N4O3S. The molecule has 0 radical (unpaired) electrons. The predicted octanol–water partition coefficient (Wildman–Crippen LogP) is 3.23. The topological polar surface area (TPSA) is 93.1 Å². The molecule has 0 bridgehead atoms. The minimum absolute atomic E-state index is 0.0536. The number of nitrogens with one attached hydrogen (secondary N) is 2. The molecule has 0 spiro atoms. The number of thiophene rings is 1. The molecule has 2 N–H and O–H groups in total. The maximum atomic E-state index is 12.9. The summed E-state index contributed by atoms with van der Waals surface area (Å²) in [5, 5.41) is 7.08. The lowest BCUT2D eigenvalue weighted by atomic mass is 10.1. The summed E-state index contributed by atoms with van der Waals surface area (Å²) in [7, 11) is 0. The van der Waals surface area contributed by atoms with Gasteiger partial charge in [-0.2, -0.15) is 9.78 Å². The third kappa shape index (κ3) is 4.70. The molecule has 0 aliphatic heterocycles. The zero-order valence-corrected chi connectivity index (χ0v) is 17.4. The number of hydrogen-bond donors (Lipinski definition) is 2. The van der Waals surface area contributed by atoms with Crippen LogP contribution in [0.2, 0.25) is 0 Å². The quantitative estimate of drug-likeness (QED) is 0.458. The van der Waals surface area contributed by atoms with E-state index in [1.807, 2.05) is 23.6 Å². The van der Waals surface area contributed by atoms with Crippen LogP contribution in [0, 0.1) is 0 Å². The van der Waals surface area contributed by atoms with Gasteiger partial charge in [-0.05, 0) is 42.5 Å². The van der Waals surface area contributed by atoms with E-state index in [1.165, 1.54) is 9.56 Å². The van der Waals surface area contributed by atoms with Crippen LogP contribution in [0.3, 0.4) is 0 Å². The SMILES string of the molecule is O=C(CCCc1cccs1)NNC(=O)c1nn(-c2ccccc2)c(=O)c2ccccc12. The monoisotopic (exact) mass is 432 g/mol. The third-order valence-electron chi connectivity index (χ3n) is 4.74. The van der Waals surface area contributed by atoms with Crippen LogP contribution in [-0.2, 0) is 11.2 Å². The van der Waals surface area contributed by atoms with Gasteiger partial charge >= 0.3 is 0 Å². The van der Waals surface area contributed by atoms with E-state index < -0.39 is 5.91 Å². The van der Waals surface area contributed by atoms with Crippen LogP contribution in [0.4, 0.5) is 0 Å². The molecule has 0 fully saturated rings. The van der Waals surface area contributed by atoms with Crippen LogP contribution in [0.25, 0.3) is 16.5 Å². The van der Waals surface area contributed by atoms with E-state index in [0.29, 0.717) is 22.9 Å². The van der Waals surface area contributed by atoms with Crippen molar-refractivity contribution >= 4 is 33.9 Å². The number of aryl methyl sites for hydroxylation is 1. The van der Waals surface area contributed by atoms with Crippen LogP contribution in [-0.4, -0.2) is 21.6 Å². The number of nitrogens with zero attached hydrogens (tertiary/aromatic N) is 2. The normalized spacial score (nSPS) is 10.7. The van der Waals surface area contributed by atoms with E-state index in [9.17, 15) is 14.4 Å². The highest BCUT2D eigenvalue weighted by molar-refractivity contribution is 7.09. The van der Waals surface area contributed by atoms with Gasteiger partial charge in [0.05, 0.1) is 11.1 Å². The average molecular weight is 433 g/mol. The second-order valence-corrected chi connectivity index (χ2v) is 7.91. The minimum atomic E-state index is -0.590. The second-order valence-electron chi connectivity index (χ2n) is 6.88. The highest BCUT2D eigenvalue weighted by Gasteiger charge is 2.18. The van der Waals surface area contributed by atoms with Gasteiger partial charge < -0.3 is 0 Å². The standard InChI is InChI=1S/C23H20N4O3S/c28-20(14-6-10-17-11-7-15-31-17)24-25-22(29)21-18-12-4-5-13-19(18)23(30)27(26-21)16-8-2-1-3-9-16/h1-5,7-9,11-13,15H,6,10,14H2,(H,24,28)(H,25,29). The molecule has 4 rings (SSSR count). The van der Waals surface area contributed by atoms with E-state index in [1.54, 1.807) is 59.9 Å². The summed E-state index contributed by atoms with van der Waals surface area (Å²) < 4.78 is 1.19. The number of rotatable bonds is 6. The third-order valence-corrected chi connectivity index (χ3v) is 5.68. The Labute approximate surface area is 182 Å². The van der Waals surface area contributed by atoms with Crippen molar-refractivity contribution in [1.82, 2.24) is 20.6 Å². The molecule has 0 aliphatic carbocycles. The van der Waals surface area contributed by atoms with Gasteiger partial charge in [0, 0.05) is 16.7 Å². The lowest BCUT2D eigenvalue weighted by molar-refractivity contribution is -0.121. The summed E-state index contributed by atoms with van der Waals surface area (Å²) in [5.41, 5.74) is 5.13. The van der Waals surface area contributed by atoms with Gasteiger partial charge in [0.2, 0.25) is 5.91 Å². The van der Waals surface area contributed by atoms with Crippen molar-refractivity contribution < 1.29 is 9.59 Å². The number of aromatic nitrogens is 2. The Bertz CT molecular complexity index is 1270. The number of amides is 2. The molecule has 0 aliphatic rings. The van der Waals surface area contributed by atoms with E-state index >= 15 is 0 Å². The van der Waals surface area contributed by atoms with Crippen molar-refractivity contribution in [2.45, 2.75) is 19.3 Å². The Morgan fingerprint density at radius 1 is 0.903 bits per heavy atom. The fourth-order valence-corrected chi connectivity index (χ4v) is 3.98. The summed E-state index contributed by atoms with van der Waals surface area (Å²) in [6.07, 6.45) is 1.78. The van der Waals surface area contributed by atoms with Crippen molar-refractivity contribution in [3.05, 3.63) is 93.0 Å². The van der Waals surface area contributed by atoms with Gasteiger partial charge in [-0.25, -0.2) is 0 Å². The van der Waals surface area contributed by atoms with E-state index in [4.69, 9.17) is 0 Å². The van der Waals surface area contributed by atoms with Gasteiger partial charge in [-0.15, -0.1) is 11.3 Å². The molecule has 31 heavy (non-hydrogen) atoms. The molecule has 2 amide bonds. The first kappa shape index (κ1) is 20.5. The molecule has 8 heteroatoms. The molecule has 2 aromatic carbocycles. The maximum Gasteiger partial charge on any atom is 0.290 e. The van der Waals surface area contributed by atoms with Crippen molar-refractivity contribution in [2.24, 2.45) is 0 Å². The van der Waals surface area contributed by atoms with Crippen LogP contribution in [0.15, 0.2) is 76.9 Å². The first-order valence-electron chi connectivity index (χ1n) is 9.82. The van der Waals surface area contributed by atoms with Crippen LogP contribution in [0.5, 0.6) is 0 Å². The lowest BCUT2D eigenvalue weighted by Gasteiger charge is -2.12. The minimum Gasteiger partial charge on any atom is -0.273 e. The van der Waals surface area contributed by atoms with Crippen LogP contribution in [0.1, 0.15) is 28.2 Å². The second kappa shape index (κ2) is 9.36. The first-order valence-corrected chi connectivity index (χ1v) is 10.7. The number of para-hydroxylation sites is 1. The van der Waals surface area contributed by atoms with E-state index in [2.05, 4.69) is 16.0 Å². The Kier molecular flexibility index (Phi) is 6.18. The molecule has 7 nitrogen and oxygen atoms in total. The molecular weight excluding hydrogens is 412 g/mol. The Hall–Kier alpha value is -3.78. The first-order chi connectivity index (χ1) is 15.1. The van der Waals surface area contributed by atoms with Crippen molar-refractivity contribution in [1.29, 1.82) is 0 Å². The highest BCUT2D eigenvalue weighted by atomic mass is 32.1. The Balaban J connectivity index is 1.51.